The van der Waals surface area contributed by atoms with Gasteiger partial charge in [-0.2, -0.15) is 0 Å². The fraction of sp³-hybridized carbons (Fsp3) is 0.375. The molecule has 0 fully saturated rings. The van der Waals surface area contributed by atoms with Crippen LogP contribution in [0.3, 0.4) is 0 Å². The number of rotatable bonds is 7. The van der Waals surface area contributed by atoms with Crippen molar-refractivity contribution < 1.29 is 9.90 Å². The monoisotopic (exact) mass is 304 g/mol. The minimum Gasteiger partial charge on any atom is -0.477 e. The highest BCUT2D eigenvalue weighted by Crippen LogP contribution is 2.21. The molecule has 1 aromatic heterocycles. The maximum atomic E-state index is 11.2. The molecule has 0 radical (unpaired) electrons. The molecule has 0 spiro atoms. The number of aryl methyl sites for hydroxylation is 1. The summed E-state index contributed by atoms with van der Waals surface area (Å²) in [6.07, 6.45) is 1.43. The highest BCUT2D eigenvalue weighted by atomic mass is 32.1. The number of anilines is 1. The predicted octanol–water partition coefficient (Wildman–Crippen LogP) is 3.47. The van der Waals surface area contributed by atoms with Crippen LogP contribution < -0.4 is 4.90 Å². The van der Waals surface area contributed by atoms with Crippen molar-refractivity contribution in [3.05, 3.63) is 45.9 Å². The first-order valence-corrected chi connectivity index (χ1v) is 7.99. The number of carboxylic acids is 1. The zero-order valence-corrected chi connectivity index (χ0v) is 13.2. The van der Waals surface area contributed by atoms with E-state index in [2.05, 4.69) is 28.9 Å². The Morgan fingerprint density at radius 3 is 2.52 bits per heavy atom. The first-order chi connectivity index (χ1) is 10.2. The summed E-state index contributed by atoms with van der Waals surface area (Å²) in [5.74, 6) is -0.869. The number of carbonyl (C=O) groups is 1. The fourth-order valence-electron chi connectivity index (χ4n) is 2.25. The molecule has 0 unspecified atom stereocenters. The molecule has 1 N–H and O–H groups in total. The highest BCUT2D eigenvalue weighted by molar-refractivity contribution is 7.13. The van der Waals surface area contributed by atoms with E-state index in [4.69, 9.17) is 0 Å². The number of aromatic nitrogens is 1. The highest BCUT2D eigenvalue weighted by Gasteiger charge is 2.16. The lowest BCUT2D eigenvalue weighted by molar-refractivity contribution is 0.0701. The van der Waals surface area contributed by atoms with Crippen LogP contribution in [0, 0.1) is 0 Å². The maximum absolute atomic E-state index is 11.2. The van der Waals surface area contributed by atoms with Gasteiger partial charge in [-0.05, 0) is 25.5 Å². The number of nitrogens with zero attached hydrogens (tertiary/aromatic N) is 2. The van der Waals surface area contributed by atoms with E-state index in [0.717, 1.165) is 24.5 Å². The maximum Gasteiger partial charge on any atom is 0.347 e. The third-order valence-electron chi connectivity index (χ3n) is 3.37. The van der Waals surface area contributed by atoms with Gasteiger partial charge in [-0.1, -0.05) is 25.1 Å². The molecule has 5 heteroatoms. The van der Waals surface area contributed by atoms with E-state index in [1.54, 1.807) is 0 Å². The van der Waals surface area contributed by atoms with Gasteiger partial charge in [0.25, 0.3) is 0 Å². The van der Waals surface area contributed by atoms with Crippen LogP contribution in [0.5, 0.6) is 0 Å². The van der Waals surface area contributed by atoms with Crippen molar-refractivity contribution in [2.24, 2.45) is 0 Å². The van der Waals surface area contributed by atoms with E-state index >= 15 is 0 Å². The van der Waals surface area contributed by atoms with Gasteiger partial charge >= 0.3 is 5.97 Å². The van der Waals surface area contributed by atoms with E-state index in [1.807, 2.05) is 25.1 Å². The molecule has 0 bridgehead atoms. The SMILES string of the molecule is CCc1nc(CCN(CC)c2ccccc2)sc1C(=O)O. The van der Waals surface area contributed by atoms with Crippen LogP contribution in [-0.2, 0) is 12.8 Å². The Kier molecular flexibility index (Phi) is 5.33. The van der Waals surface area contributed by atoms with Crippen LogP contribution >= 0.6 is 11.3 Å². The number of hydrogen-bond acceptors (Lipinski definition) is 4. The second-order valence-electron chi connectivity index (χ2n) is 4.71. The number of para-hydroxylation sites is 1. The Morgan fingerprint density at radius 2 is 2.00 bits per heavy atom. The average molecular weight is 304 g/mol. The molecular weight excluding hydrogens is 284 g/mol. The van der Waals surface area contributed by atoms with Crippen LogP contribution in [0.15, 0.2) is 30.3 Å². The summed E-state index contributed by atoms with van der Waals surface area (Å²) in [6, 6.07) is 10.2. The lowest BCUT2D eigenvalue weighted by atomic mass is 10.2. The second kappa shape index (κ2) is 7.22. The second-order valence-corrected chi connectivity index (χ2v) is 5.79. The van der Waals surface area contributed by atoms with Crippen molar-refractivity contribution in [3.63, 3.8) is 0 Å². The largest absolute Gasteiger partial charge is 0.477 e. The molecule has 0 saturated heterocycles. The Labute approximate surface area is 129 Å². The van der Waals surface area contributed by atoms with Gasteiger partial charge < -0.3 is 10.0 Å². The number of aromatic carboxylic acids is 1. The van der Waals surface area contributed by atoms with Gasteiger partial charge in [0, 0.05) is 25.2 Å². The van der Waals surface area contributed by atoms with Gasteiger partial charge in [0.15, 0.2) is 0 Å². The molecule has 1 aromatic carbocycles. The number of hydrogen-bond donors (Lipinski definition) is 1. The van der Waals surface area contributed by atoms with Crippen molar-refractivity contribution in [3.8, 4) is 0 Å². The standard InChI is InChI=1S/C16H20N2O2S/c1-3-13-15(16(19)20)21-14(17-13)10-11-18(4-2)12-8-6-5-7-9-12/h5-9H,3-4,10-11H2,1-2H3,(H,19,20). The van der Waals surface area contributed by atoms with E-state index in [9.17, 15) is 9.90 Å². The predicted molar refractivity (Wildman–Crippen MR) is 86.5 cm³/mol. The zero-order chi connectivity index (χ0) is 15.2. The Balaban J connectivity index is 2.06. The molecule has 0 atom stereocenters. The fourth-order valence-corrected chi connectivity index (χ4v) is 3.23. The van der Waals surface area contributed by atoms with Gasteiger partial charge in [0.2, 0.25) is 0 Å². The number of carboxylic acid groups (broad SMARTS) is 1. The lowest BCUT2D eigenvalue weighted by Crippen LogP contribution is -2.25. The molecule has 21 heavy (non-hydrogen) atoms. The molecule has 0 saturated carbocycles. The topological polar surface area (TPSA) is 53.4 Å². The van der Waals surface area contributed by atoms with Crippen molar-refractivity contribution >= 4 is 23.0 Å². The molecule has 0 amide bonds. The van der Waals surface area contributed by atoms with E-state index < -0.39 is 5.97 Å². The summed E-state index contributed by atoms with van der Waals surface area (Å²) in [6.45, 7) is 5.82. The van der Waals surface area contributed by atoms with Gasteiger partial charge in [-0.25, -0.2) is 9.78 Å². The van der Waals surface area contributed by atoms with Crippen molar-refractivity contribution in [1.29, 1.82) is 0 Å². The van der Waals surface area contributed by atoms with Gasteiger partial charge in [-0.3, -0.25) is 0 Å². The molecule has 112 valence electrons. The third kappa shape index (κ3) is 3.82. The summed E-state index contributed by atoms with van der Waals surface area (Å²) in [4.78, 5) is 18.3. The van der Waals surface area contributed by atoms with Gasteiger partial charge in [0.05, 0.1) is 10.7 Å². The Hall–Kier alpha value is -1.88. The van der Waals surface area contributed by atoms with Crippen molar-refractivity contribution in [2.45, 2.75) is 26.7 Å². The summed E-state index contributed by atoms with van der Waals surface area (Å²) >= 11 is 1.30. The van der Waals surface area contributed by atoms with Crippen molar-refractivity contribution in [2.75, 3.05) is 18.0 Å². The minimum atomic E-state index is -0.869. The summed E-state index contributed by atoms with van der Waals surface area (Å²) in [7, 11) is 0. The number of likely N-dealkylation sites (N-methyl/N-ethyl adjacent to an activating group) is 1. The summed E-state index contributed by atoms with van der Waals surface area (Å²) < 4.78 is 0. The quantitative estimate of drug-likeness (QED) is 0.851. The summed E-state index contributed by atoms with van der Waals surface area (Å²) in [5, 5.41) is 10.1. The molecule has 0 aliphatic heterocycles. The van der Waals surface area contributed by atoms with Gasteiger partial charge in [-0.15, -0.1) is 11.3 Å². The molecule has 0 aliphatic rings. The molecule has 2 aromatic rings. The van der Waals surface area contributed by atoms with E-state index in [-0.39, 0.29) is 0 Å². The number of benzene rings is 1. The molecule has 0 aliphatic carbocycles. The van der Waals surface area contributed by atoms with Gasteiger partial charge in [0.1, 0.15) is 4.88 Å². The first kappa shape index (κ1) is 15.5. The summed E-state index contributed by atoms with van der Waals surface area (Å²) in [5.41, 5.74) is 1.89. The van der Waals surface area contributed by atoms with E-state index in [1.165, 1.54) is 17.0 Å². The Morgan fingerprint density at radius 1 is 1.29 bits per heavy atom. The smallest absolute Gasteiger partial charge is 0.347 e. The van der Waals surface area contributed by atoms with Crippen LogP contribution in [0.1, 0.15) is 34.2 Å². The third-order valence-corrected chi connectivity index (χ3v) is 4.51. The zero-order valence-electron chi connectivity index (χ0n) is 12.4. The molecule has 2 rings (SSSR count). The molecular formula is C16H20N2O2S. The minimum absolute atomic E-state index is 0.384. The number of thiazole rings is 1. The van der Waals surface area contributed by atoms with Crippen LogP contribution in [0.4, 0.5) is 5.69 Å². The average Bonchev–Trinajstić information content (AvgIpc) is 2.92. The lowest BCUT2D eigenvalue weighted by Gasteiger charge is -2.22. The van der Waals surface area contributed by atoms with Crippen LogP contribution in [0.2, 0.25) is 0 Å². The van der Waals surface area contributed by atoms with Crippen LogP contribution in [-0.4, -0.2) is 29.1 Å². The first-order valence-electron chi connectivity index (χ1n) is 7.17. The van der Waals surface area contributed by atoms with Crippen molar-refractivity contribution in [1.82, 2.24) is 4.98 Å². The molecule has 1 heterocycles. The van der Waals surface area contributed by atoms with Crippen LogP contribution in [0.25, 0.3) is 0 Å². The normalized spacial score (nSPS) is 10.6. The molecule has 4 nitrogen and oxygen atoms in total. The Bertz CT molecular complexity index is 596. The van der Waals surface area contributed by atoms with E-state index in [0.29, 0.717) is 17.0 Å².